The quantitative estimate of drug-likeness (QED) is 0.478. The molecule has 3 rings (SSSR count). The molecule has 1 N–H and O–H groups in total. The highest BCUT2D eigenvalue weighted by molar-refractivity contribution is 6.03. The second-order valence-corrected chi connectivity index (χ2v) is 8.16. The molecular formula is C24H25F2NO4. The maximum absolute atomic E-state index is 12.6. The molecule has 0 aliphatic carbocycles. The van der Waals surface area contributed by atoms with Gasteiger partial charge in [0.1, 0.15) is 23.9 Å². The molecule has 7 heteroatoms. The average Bonchev–Trinajstić information content (AvgIpc) is 3.17. The summed E-state index contributed by atoms with van der Waals surface area (Å²) in [4.78, 5) is 12.5. The first kappa shape index (κ1) is 22.3. The number of aryl methyl sites for hydroxylation is 1. The molecule has 1 aromatic heterocycles. The Morgan fingerprint density at radius 1 is 1.06 bits per heavy atom. The predicted molar refractivity (Wildman–Crippen MR) is 114 cm³/mol. The molecule has 1 heterocycles. The van der Waals surface area contributed by atoms with E-state index in [4.69, 9.17) is 9.15 Å². The van der Waals surface area contributed by atoms with E-state index in [0.29, 0.717) is 11.5 Å². The van der Waals surface area contributed by atoms with Crippen molar-refractivity contribution in [3.63, 3.8) is 0 Å². The smallest absolute Gasteiger partial charge is 0.387 e. The fourth-order valence-corrected chi connectivity index (χ4v) is 2.91. The molecule has 0 radical (unpaired) electrons. The van der Waals surface area contributed by atoms with Gasteiger partial charge in [0.25, 0.3) is 5.91 Å². The molecule has 0 aliphatic rings. The monoisotopic (exact) mass is 429 g/mol. The van der Waals surface area contributed by atoms with Crippen molar-refractivity contribution in [2.24, 2.45) is 0 Å². The summed E-state index contributed by atoms with van der Waals surface area (Å²) < 4.78 is 40.9. The number of carbonyl (C=O) groups excluding carboxylic acids is 1. The maximum Gasteiger partial charge on any atom is 0.387 e. The number of halogens is 2. The van der Waals surface area contributed by atoms with Crippen LogP contribution in [0.25, 0.3) is 0 Å². The zero-order valence-corrected chi connectivity index (χ0v) is 17.9. The number of anilines is 1. The molecule has 0 saturated heterocycles. The van der Waals surface area contributed by atoms with Crippen LogP contribution in [0.5, 0.6) is 11.5 Å². The topological polar surface area (TPSA) is 60.7 Å². The van der Waals surface area contributed by atoms with Crippen molar-refractivity contribution in [3.05, 3.63) is 77.2 Å². The van der Waals surface area contributed by atoms with Crippen molar-refractivity contribution in [1.29, 1.82) is 0 Å². The van der Waals surface area contributed by atoms with Gasteiger partial charge in [0, 0.05) is 0 Å². The van der Waals surface area contributed by atoms with Crippen molar-refractivity contribution < 1.29 is 27.5 Å². The third-order valence-electron chi connectivity index (χ3n) is 4.59. The Morgan fingerprint density at radius 2 is 1.77 bits per heavy atom. The first-order chi connectivity index (χ1) is 14.6. The minimum absolute atomic E-state index is 0.0335. The molecule has 0 saturated carbocycles. The number of nitrogens with one attached hydrogen (secondary N) is 1. The van der Waals surface area contributed by atoms with Crippen molar-refractivity contribution in [2.75, 3.05) is 5.32 Å². The number of rotatable bonds is 7. The van der Waals surface area contributed by atoms with Crippen LogP contribution in [0.4, 0.5) is 14.5 Å². The van der Waals surface area contributed by atoms with Crippen LogP contribution < -0.4 is 14.8 Å². The molecule has 1 amide bonds. The second kappa shape index (κ2) is 9.20. The highest BCUT2D eigenvalue weighted by atomic mass is 19.3. The van der Waals surface area contributed by atoms with E-state index in [9.17, 15) is 13.6 Å². The lowest BCUT2D eigenvalue weighted by molar-refractivity contribution is -0.0493. The van der Waals surface area contributed by atoms with Gasteiger partial charge in [-0.15, -0.1) is 0 Å². The highest BCUT2D eigenvalue weighted by Crippen LogP contribution is 2.28. The maximum atomic E-state index is 12.6. The lowest BCUT2D eigenvalue weighted by atomic mass is 9.87. The molecule has 0 fully saturated rings. The summed E-state index contributed by atoms with van der Waals surface area (Å²) in [5, 5.41) is 2.55. The Hall–Kier alpha value is -3.35. The first-order valence-electron chi connectivity index (χ1n) is 9.81. The number of ether oxygens (including phenoxy) is 2. The summed E-state index contributed by atoms with van der Waals surface area (Å²) in [5.74, 6) is 0.474. The Balaban J connectivity index is 1.63. The van der Waals surface area contributed by atoms with Gasteiger partial charge in [-0.05, 0) is 59.9 Å². The summed E-state index contributed by atoms with van der Waals surface area (Å²) in [5.41, 5.74) is 2.17. The van der Waals surface area contributed by atoms with Gasteiger partial charge in [-0.2, -0.15) is 8.78 Å². The summed E-state index contributed by atoms with van der Waals surface area (Å²) in [7, 11) is 0. The number of hydrogen-bond donors (Lipinski definition) is 1. The zero-order valence-electron chi connectivity index (χ0n) is 17.9. The van der Waals surface area contributed by atoms with Crippen LogP contribution >= 0.6 is 0 Å². The minimum atomic E-state index is -3.00. The highest BCUT2D eigenvalue weighted by Gasteiger charge is 2.17. The number of furan rings is 1. The first-order valence-corrected chi connectivity index (χ1v) is 9.81. The van der Waals surface area contributed by atoms with Crippen molar-refractivity contribution in [2.45, 2.75) is 46.3 Å². The number of amides is 1. The third kappa shape index (κ3) is 6.07. The van der Waals surface area contributed by atoms with Crippen LogP contribution in [0.15, 0.2) is 59.0 Å². The summed E-state index contributed by atoms with van der Waals surface area (Å²) in [6.07, 6.45) is 0. The normalized spacial score (nSPS) is 11.5. The van der Waals surface area contributed by atoms with Crippen LogP contribution in [0, 0.1) is 6.92 Å². The standard InChI is InChI=1S/C24H25F2NO4/c1-15-5-11-20(31-23(25)26)19(13-15)27-22(28)21-12-10-18(30-21)14-29-17-8-6-16(7-9-17)24(2,3)4/h5-13,23H,14H2,1-4H3,(H,27,28). The van der Waals surface area contributed by atoms with E-state index >= 15 is 0 Å². The number of carbonyl (C=O) groups is 1. The molecule has 3 aromatic rings. The molecule has 0 bridgehead atoms. The van der Waals surface area contributed by atoms with Crippen molar-refractivity contribution in [3.8, 4) is 11.5 Å². The van der Waals surface area contributed by atoms with Crippen LogP contribution in [0.1, 0.15) is 48.2 Å². The van der Waals surface area contributed by atoms with Gasteiger partial charge in [0.15, 0.2) is 5.76 Å². The Labute approximate surface area is 180 Å². The average molecular weight is 429 g/mol. The second-order valence-electron chi connectivity index (χ2n) is 8.16. The number of alkyl halides is 2. The number of benzene rings is 2. The Kier molecular flexibility index (Phi) is 6.63. The van der Waals surface area contributed by atoms with Crippen LogP contribution in [-0.4, -0.2) is 12.5 Å². The lowest BCUT2D eigenvalue weighted by Crippen LogP contribution is -2.13. The molecule has 0 unspecified atom stereocenters. The van der Waals surface area contributed by atoms with Gasteiger partial charge in [0.2, 0.25) is 0 Å². The van der Waals surface area contributed by atoms with E-state index in [1.54, 1.807) is 25.1 Å². The van der Waals surface area contributed by atoms with Crippen molar-refractivity contribution in [1.82, 2.24) is 0 Å². The molecular weight excluding hydrogens is 404 g/mol. The fraction of sp³-hybridized carbons (Fsp3) is 0.292. The summed E-state index contributed by atoms with van der Waals surface area (Å²) >= 11 is 0. The third-order valence-corrected chi connectivity index (χ3v) is 4.59. The van der Waals surface area contributed by atoms with Crippen LogP contribution in [0.2, 0.25) is 0 Å². The van der Waals surface area contributed by atoms with E-state index in [-0.39, 0.29) is 29.2 Å². The zero-order chi connectivity index (χ0) is 22.6. The predicted octanol–water partition coefficient (Wildman–Crippen LogP) is 6.32. The fourth-order valence-electron chi connectivity index (χ4n) is 2.91. The van der Waals surface area contributed by atoms with E-state index < -0.39 is 12.5 Å². The van der Waals surface area contributed by atoms with Crippen molar-refractivity contribution >= 4 is 11.6 Å². The Morgan fingerprint density at radius 3 is 2.42 bits per heavy atom. The minimum Gasteiger partial charge on any atom is -0.486 e. The van der Waals surface area contributed by atoms with Gasteiger partial charge in [-0.25, -0.2) is 0 Å². The van der Waals surface area contributed by atoms with E-state index in [1.165, 1.54) is 17.7 Å². The van der Waals surface area contributed by atoms with Crippen LogP contribution in [0.3, 0.4) is 0 Å². The Bertz CT molecular complexity index is 1040. The number of hydrogen-bond acceptors (Lipinski definition) is 4. The summed E-state index contributed by atoms with van der Waals surface area (Å²) in [6, 6.07) is 15.5. The lowest BCUT2D eigenvalue weighted by Gasteiger charge is -2.19. The molecule has 164 valence electrons. The molecule has 5 nitrogen and oxygen atoms in total. The van der Waals surface area contributed by atoms with Gasteiger partial charge in [-0.3, -0.25) is 4.79 Å². The van der Waals surface area contributed by atoms with E-state index in [1.807, 2.05) is 24.3 Å². The SMILES string of the molecule is Cc1ccc(OC(F)F)c(NC(=O)c2ccc(COc3ccc(C(C)(C)C)cc3)o2)c1. The van der Waals surface area contributed by atoms with E-state index in [2.05, 4.69) is 30.8 Å². The van der Waals surface area contributed by atoms with Gasteiger partial charge in [-0.1, -0.05) is 39.0 Å². The van der Waals surface area contributed by atoms with Gasteiger partial charge < -0.3 is 19.2 Å². The summed E-state index contributed by atoms with van der Waals surface area (Å²) in [6.45, 7) is 5.33. The molecule has 0 atom stereocenters. The molecule has 0 spiro atoms. The van der Waals surface area contributed by atoms with Gasteiger partial charge >= 0.3 is 6.61 Å². The molecule has 31 heavy (non-hydrogen) atoms. The van der Waals surface area contributed by atoms with Gasteiger partial charge in [0.05, 0.1) is 5.69 Å². The van der Waals surface area contributed by atoms with Crippen LogP contribution in [-0.2, 0) is 12.0 Å². The molecule has 2 aromatic carbocycles. The largest absolute Gasteiger partial charge is 0.486 e. The molecule has 0 aliphatic heterocycles. The van der Waals surface area contributed by atoms with E-state index in [0.717, 1.165) is 5.56 Å².